The highest BCUT2D eigenvalue weighted by Gasteiger charge is 2.26. The fourth-order valence-electron chi connectivity index (χ4n) is 1.72. The fraction of sp³-hybridized carbons (Fsp3) is 0.667. The van der Waals surface area contributed by atoms with Gasteiger partial charge in [0, 0.05) is 12.1 Å². The normalized spacial score (nSPS) is 28.4. The van der Waals surface area contributed by atoms with Crippen molar-refractivity contribution in [3.05, 3.63) is 12.7 Å². The lowest BCUT2D eigenvalue weighted by molar-refractivity contribution is -0.117. The zero-order chi connectivity index (χ0) is 8.97. The third-order valence-electron chi connectivity index (χ3n) is 2.40. The Balaban J connectivity index is 2.40. The number of rotatable bonds is 3. The van der Waals surface area contributed by atoms with E-state index >= 15 is 0 Å². The van der Waals surface area contributed by atoms with E-state index in [0.717, 1.165) is 12.8 Å². The van der Waals surface area contributed by atoms with E-state index in [1.807, 2.05) is 7.05 Å². The summed E-state index contributed by atoms with van der Waals surface area (Å²) in [5.41, 5.74) is 0. The van der Waals surface area contributed by atoms with Gasteiger partial charge in [-0.25, -0.2) is 0 Å². The van der Waals surface area contributed by atoms with Gasteiger partial charge in [-0.2, -0.15) is 0 Å². The van der Waals surface area contributed by atoms with Gasteiger partial charge in [0.25, 0.3) is 0 Å². The van der Waals surface area contributed by atoms with Crippen LogP contribution in [0.2, 0.25) is 0 Å². The quantitative estimate of drug-likeness (QED) is 0.600. The number of carbonyl (C=O) groups excluding carboxylic acids is 1. The van der Waals surface area contributed by atoms with Gasteiger partial charge in [-0.05, 0) is 32.4 Å². The molecule has 3 nitrogen and oxygen atoms in total. The van der Waals surface area contributed by atoms with Crippen LogP contribution in [0.25, 0.3) is 0 Å². The largest absolute Gasteiger partial charge is 0.348 e. The summed E-state index contributed by atoms with van der Waals surface area (Å²) in [7, 11) is 1.93. The van der Waals surface area contributed by atoms with E-state index in [4.69, 9.17) is 0 Å². The molecule has 2 unspecified atom stereocenters. The van der Waals surface area contributed by atoms with Crippen LogP contribution in [0.3, 0.4) is 0 Å². The van der Waals surface area contributed by atoms with Crippen LogP contribution in [0, 0.1) is 0 Å². The van der Waals surface area contributed by atoms with Crippen molar-refractivity contribution >= 4 is 5.91 Å². The minimum absolute atomic E-state index is 0.0675. The van der Waals surface area contributed by atoms with Gasteiger partial charge >= 0.3 is 0 Å². The summed E-state index contributed by atoms with van der Waals surface area (Å²) in [6.07, 6.45) is 4.74. The second-order valence-electron chi connectivity index (χ2n) is 3.15. The predicted octanol–water partition coefficient (Wildman–Crippen LogP) is 0.429. The molecule has 0 bridgehead atoms. The van der Waals surface area contributed by atoms with Gasteiger partial charge in [0.1, 0.15) is 0 Å². The molecule has 0 aromatic carbocycles. The van der Waals surface area contributed by atoms with Crippen LogP contribution in [0.5, 0.6) is 0 Å². The standard InChI is InChI=1S/C9H16N2O/c1-3-9(12)11-8-6-4-5-7(8)10-2/h3,7-8,10H,1,4-6H2,2H3,(H,11,12). The van der Waals surface area contributed by atoms with E-state index in [-0.39, 0.29) is 5.91 Å². The van der Waals surface area contributed by atoms with Crippen molar-refractivity contribution in [3.8, 4) is 0 Å². The van der Waals surface area contributed by atoms with E-state index in [1.165, 1.54) is 12.5 Å². The van der Waals surface area contributed by atoms with Gasteiger partial charge in [0.15, 0.2) is 0 Å². The molecule has 0 radical (unpaired) electrons. The molecule has 0 aromatic rings. The summed E-state index contributed by atoms with van der Waals surface area (Å²) < 4.78 is 0. The second kappa shape index (κ2) is 4.26. The lowest BCUT2D eigenvalue weighted by atomic mass is 10.2. The maximum Gasteiger partial charge on any atom is 0.243 e. The maximum atomic E-state index is 11.0. The molecule has 1 aliphatic carbocycles. The smallest absolute Gasteiger partial charge is 0.243 e. The molecule has 0 spiro atoms. The first kappa shape index (κ1) is 9.26. The molecule has 1 aliphatic rings. The zero-order valence-corrected chi connectivity index (χ0v) is 7.47. The molecular weight excluding hydrogens is 152 g/mol. The third kappa shape index (κ3) is 2.08. The van der Waals surface area contributed by atoms with Crippen LogP contribution in [0.4, 0.5) is 0 Å². The maximum absolute atomic E-state index is 11.0. The highest BCUT2D eigenvalue weighted by atomic mass is 16.1. The van der Waals surface area contributed by atoms with Gasteiger partial charge in [-0.1, -0.05) is 6.58 Å². The van der Waals surface area contributed by atoms with Crippen molar-refractivity contribution in [2.24, 2.45) is 0 Å². The van der Waals surface area contributed by atoms with E-state index < -0.39 is 0 Å². The summed E-state index contributed by atoms with van der Waals surface area (Å²) >= 11 is 0. The lowest BCUT2D eigenvalue weighted by Crippen LogP contribution is -2.44. The number of hydrogen-bond donors (Lipinski definition) is 2. The molecule has 1 rings (SSSR count). The minimum Gasteiger partial charge on any atom is -0.348 e. The Morgan fingerprint density at radius 1 is 1.50 bits per heavy atom. The molecular formula is C9H16N2O. The highest BCUT2D eigenvalue weighted by molar-refractivity contribution is 5.87. The molecule has 0 aliphatic heterocycles. The highest BCUT2D eigenvalue weighted by Crippen LogP contribution is 2.18. The number of hydrogen-bond acceptors (Lipinski definition) is 2. The predicted molar refractivity (Wildman–Crippen MR) is 48.8 cm³/mol. The topological polar surface area (TPSA) is 41.1 Å². The Bertz CT molecular complexity index is 179. The number of amides is 1. The SMILES string of the molecule is C=CC(=O)NC1CCCC1NC. The molecule has 3 heteroatoms. The van der Waals surface area contributed by atoms with Crippen LogP contribution in [0.1, 0.15) is 19.3 Å². The minimum atomic E-state index is -0.0675. The van der Waals surface area contributed by atoms with Crippen molar-refractivity contribution in [1.29, 1.82) is 0 Å². The summed E-state index contributed by atoms with van der Waals surface area (Å²) in [4.78, 5) is 11.0. The first-order chi connectivity index (χ1) is 5.77. The number of carbonyl (C=O) groups is 1. The van der Waals surface area contributed by atoms with E-state index in [0.29, 0.717) is 12.1 Å². The molecule has 0 heterocycles. The molecule has 0 aromatic heterocycles. The van der Waals surface area contributed by atoms with E-state index in [1.54, 1.807) is 0 Å². The van der Waals surface area contributed by atoms with Gasteiger partial charge in [0.05, 0.1) is 0 Å². The summed E-state index contributed by atoms with van der Waals surface area (Å²) in [5.74, 6) is -0.0675. The van der Waals surface area contributed by atoms with Crippen molar-refractivity contribution in [2.45, 2.75) is 31.3 Å². The average Bonchev–Trinajstić information content (AvgIpc) is 2.51. The Morgan fingerprint density at radius 2 is 2.17 bits per heavy atom. The fourth-order valence-corrected chi connectivity index (χ4v) is 1.72. The number of nitrogens with one attached hydrogen (secondary N) is 2. The molecule has 12 heavy (non-hydrogen) atoms. The monoisotopic (exact) mass is 168 g/mol. The van der Waals surface area contributed by atoms with Gasteiger partial charge < -0.3 is 10.6 Å². The van der Waals surface area contributed by atoms with Crippen LogP contribution >= 0.6 is 0 Å². The Hall–Kier alpha value is -0.830. The van der Waals surface area contributed by atoms with Crippen LogP contribution in [0.15, 0.2) is 12.7 Å². The molecule has 2 N–H and O–H groups in total. The van der Waals surface area contributed by atoms with Crippen molar-refractivity contribution in [1.82, 2.24) is 10.6 Å². The van der Waals surface area contributed by atoms with Gasteiger partial charge in [-0.15, -0.1) is 0 Å². The molecule has 1 fully saturated rings. The average molecular weight is 168 g/mol. The summed E-state index contributed by atoms with van der Waals surface area (Å²) in [5, 5.41) is 6.10. The van der Waals surface area contributed by atoms with Gasteiger partial charge in [-0.3, -0.25) is 4.79 Å². The van der Waals surface area contributed by atoms with E-state index in [2.05, 4.69) is 17.2 Å². The molecule has 1 saturated carbocycles. The first-order valence-electron chi connectivity index (χ1n) is 4.38. The first-order valence-corrected chi connectivity index (χ1v) is 4.38. The Kier molecular flexibility index (Phi) is 3.29. The van der Waals surface area contributed by atoms with Crippen molar-refractivity contribution in [3.63, 3.8) is 0 Å². The van der Waals surface area contributed by atoms with Crippen molar-refractivity contribution < 1.29 is 4.79 Å². The number of likely N-dealkylation sites (N-methyl/N-ethyl adjacent to an activating group) is 1. The zero-order valence-electron chi connectivity index (χ0n) is 7.47. The molecule has 0 saturated heterocycles. The van der Waals surface area contributed by atoms with Gasteiger partial charge in [0.2, 0.25) is 5.91 Å². The Labute approximate surface area is 73.2 Å². The molecule has 1 amide bonds. The summed E-state index contributed by atoms with van der Waals surface area (Å²) in [6.45, 7) is 3.42. The lowest BCUT2D eigenvalue weighted by Gasteiger charge is -2.19. The second-order valence-corrected chi connectivity index (χ2v) is 3.15. The third-order valence-corrected chi connectivity index (χ3v) is 2.40. The van der Waals surface area contributed by atoms with E-state index in [9.17, 15) is 4.79 Å². The summed E-state index contributed by atoms with van der Waals surface area (Å²) in [6, 6.07) is 0.731. The van der Waals surface area contributed by atoms with Crippen LogP contribution in [-0.2, 0) is 4.79 Å². The van der Waals surface area contributed by atoms with Crippen LogP contribution in [-0.4, -0.2) is 25.0 Å². The molecule has 68 valence electrons. The van der Waals surface area contributed by atoms with Crippen LogP contribution < -0.4 is 10.6 Å². The Morgan fingerprint density at radius 3 is 2.75 bits per heavy atom. The van der Waals surface area contributed by atoms with Crippen molar-refractivity contribution in [2.75, 3.05) is 7.05 Å². The molecule has 2 atom stereocenters.